The standard InChI is InChI=1S/C24H17Cl2NO5/c1-32-19-9-8-16(12-18(19)26)27-21(13-4-3-7-17(28)11-13)20(23(30)24(27)31)22(29)14-5-2-6-15(25)10-14/h2-12,21,28-29H,1H3/b22-20+. The number of halogens is 2. The van der Waals surface area contributed by atoms with Crippen molar-refractivity contribution in [2.45, 2.75) is 6.04 Å². The lowest BCUT2D eigenvalue weighted by Crippen LogP contribution is -2.29. The van der Waals surface area contributed by atoms with Crippen LogP contribution in [0.25, 0.3) is 5.76 Å². The number of carbonyl (C=O) groups excluding carboxylic acids is 2. The van der Waals surface area contributed by atoms with Gasteiger partial charge in [0.1, 0.15) is 17.3 Å². The van der Waals surface area contributed by atoms with Crippen LogP contribution in [0.2, 0.25) is 10.0 Å². The maximum atomic E-state index is 13.1. The van der Waals surface area contributed by atoms with E-state index in [1.54, 1.807) is 42.5 Å². The predicted octanol–water partition coefficient (Wildman–Crippen LogP) is 5.33. The smallest absolute Gasteiger partial charge is 0.300 e. The normalized spacial score (nSPS) is 17.6. The number of ether oxygens (including phenoxy) is 1. The third kappa shape index (κ3) is 3.79. The summed E-state index contributed by atoms with van der Waals surface area (Å²) in [5, 5.41) is 21.7. The van der Waals surface area contributed by atoms with E-state index in [1.165, 1.54) is 36.3 Å². The first-order valence-corrected chi connectivity index (χ1v) is 10.3. The van der Waals surface area contributed by atoms with Gasteiger partial charge in [0.2, 0.25) is 0 Å². The summed E-state index contributed by atoms with van der Waals surface area (Å²) in [6.45, 7) is 0. The van der Waals surface area contributed by atoms with Gasteiger partial charge in [-0.05, 0) is 48.0 Å². The second kappa shape index (κ2) is 8.57. The molecule has 1 saturated heterocycles. The summed E-state index contributed by atoms with van der Waals surface area (Å²) < 4.78 is 5.17. The van der Waals surface area contributed by atoms with E-state index >= 15 is 0 Å². The molecule has 0 radical (unpaired) electrons. The third-order valence-electron chi connectivity index (χ3n) is 5.14. The van der Waals surface area contributed by atoms with Gasteiger partial charge in [-0.25, -0.2) is 0 Å². The van der Waals surface area contributed by atoms with Crippen LogP contribution in [0.15, 0.2) is 72.3 Å². The Kier molecular flexibility index (Phi) is 5.82. The highest BCUT2D eigenvalue weighted by molar-refractivity contribution is 6.52. The molecule has 1 heterocycles. The van der Waals surface area contributed by atoms with Crippen LogP contribution in [0.5, 0.6) is 11.5 Å². The van der Waals surface area contributed by atoms with E-state index < -0.39 is 17.7 Å². The second-order valence-corrected chi connectivity index (χ2v) is 7.94. The Morgan fingerprint density at radius 3 is 2.41 bits per heavy atom. The van der Waals surface area contributed by atoms with Crippen molar-refractivity contribution in [1.29, 1.82) is 0 Å². The molecule has 1 aliphatic heterocycles. The molecule has 0 aromatic heterocycles. The van der Waals surface area contributed by atoms with Gasteiger partial charge in [-0.1, -0.05) is 47.5 Å². The molecule has 1 fully saturated rings. The number of rotatable bonds is 4. The number of phenolic OH excluding ortho intramolecular Hbond substituents is 1. The Morgan fingerprint density at radius 1 is 1.00 bits per heavy atom. The van der Waals surface area contributed by atoms with Crippen LogP contribution in [0.1, 0.15) is 17.2 Å². The van der Waals surface area contributed by atoms with Crippen LogP contribution in [-0.2, 0) is 9.59 Å². The number of Topliss-reactive ketones (excluding diaryl/α,β-unsaturated/α-hetero) is 1. The zero-order chi connectivity index (χ0) is 23.0. The molecule has 8 heteroatoms. The Hall–Kier alpha value is -3.48. The summed E-state index contributed by atoms with van der Waals surface area (Å²) in [5.74, 6) is -1.74. The topological polar surface area (TPSA) is 87.1 Å². The van der Waals surface area contributed by atoms with Crippen molar-refractivity contribution in [3.8, 4) is 11.5 Å². The molecule has 4 rings (SSSR count). The summed E-state index contributed by atoms with van der Waals surface area (Å²) in [6.07, 6.45) is 0. The number of anilines is 1. The molecular weight excluding hydrogens is 453 g/mol. The van der Waals surface area contributed by atoms with E-state index in [2.05, 4.69) is 0 Å². The van der Waals surface area contributed by atoms with Crippen LogP contribution in [0.4, 0.5) is 5.69 Å². The average molecular weight is 470 g/mol. The molecular formula is C24H17Cl2NO5. The highest BCUT2D eigenvalue weighted by atomic mass is 35.5. The first kappa shape index (κ1) is 21.7. The van der Waals surface area contributed by atoms with Gasteiger partial charge in [0, 0.05) is 16.3 Å². The van der Waals surface area contributed by atoms with Gasteiger partial charge in [-0.2, -0.15) is 0 Å². The van der Waals surface area contributed by atoms with Crippen molar-refractivity contribution in [2.75, 3.05) is 12.0 Å². The third-order valence-corrected chi connectivity index (χ3v) is 5.67. The van der Waals surface area contributed by atoms with Crippen molar-refractivity contribution in [3.63, 3.8) is 0 Å². The van der Waals surface area contributed by atoms with E-state index in [0.29, 0.717) is 22.0 Å². The van der Waals surface area contributed by atoms with E-state index in [1.807, 2.05) is 0 Å². The lowest BCUT2D eigenvalue weighted by Gasteiger charge is -2.26. The SMILES string of the molecule is COc1ccc(N2C(=O)C(=O)/C(=C(/O)c3cccc(Cl)c3)C2c2cccc(O)c2)cc1Cl. The highest BCUT2D eigenvalue weighted by Gasteiger charge is 2.47. The molecule has 1 aliphatic rings. The van der Waals surface area contributed by atoms with Gasteiger partial charge in [0.15, 0.2) is 0 Å². The number of benzene rings is 3. The molecule has 3 aromatic rings. The minimum absolute atomic E-state index is 0.0522. The Bertz CT molecular complexity index is 1270. The number of aliphatic hydroxyl groups is 1. The summed E-state index contributed by atoms with van der Waals surface area (Å²) in [5.41, 5.74) is 0.916. The average Bonchev–Trinajstić information content (AvgIpc) is 3.04. The molecule has 162 valence electrons. The maximum absolute atomic E-state index is 13.1. The van der Waals surface area contributed by atoms with E-state index in [0.717, 1.165) is 0 Å². The molecule has 32 heavy (non-hydrogen) atoms. The minimum atomic E-state index is -1.01. The Balaban J connectivity index is 1.96. The zero-order valence-electron chi connectivity index (χ0n) is 16.8. The van der Waals surface area contributed by atoms with Gasteiger partial charge in [-0.15, -0.1) is 0 Å². The predicted molar refractivity (Wildman–Crippen MR) is 122 cm³/mol. The van der Waals surface area contributed by atoms with Crippen molar-refractivity contribution in [1.82, 2.24) is 0 Å². The monoisotopic (exact) mass is 469 g/mol. The largest absolute Gasteiger partial charge is 0.508 e. The number of phenols is 1. The number of hydrogen-bond acceptors (Lipinski definition) is 5. The molecule has 1 unspecified atom stereocenters. The van der Waals surface area contributed by atoms with Crippen molar-refractivity contribution in [2.24, 2.45) is 0 Å². The molecule has 0 spiro atoms. The second-order valence-electron chi connectivity index (χ2n) is 7.09. The maximum Gasteiger partial charge on any atom is 0.300 e. The van der Waals surface area contributed by atoms with Crippen LogP contribution in [0.3, 0.4) is 0 Å². The number of carbonyl (C=O) groups is 2. The molecule has 2 N–H and O–H groups in total. The molecule has 3 aromatic carbocycles. The first-order valence-electron chi connectivity index (χ1n) is 9.51. The van der Waals surface area contributed by atoms with Gasteiger partial charge < -0.3 is 14.9 Å². The quantitative estimate of drug-likeness (QED) is 0.306. The number of hydrogen-bond donors (Lipinski definition) is 2. The number of amides is 1. The van der Waals surface area contributed by atoms with E-state index in [-0.39, 0.29) is 27.7 Å². The Morgan fingerprint density at radius 2 is 1.75 bits per heavy atom. The first-order chi connectivity index (χ1) is 15.3. The van der Waals surface area contributed by atoms with E-state index in [4.69, 9.17) is 27.9 Å². The summed E-state index contributed by atoms with van der Waals surface area (Å²) >= 11 is 12.3. The summed E-state index contributed by atoms with van der Waals surface area (Å²) in [7, 11) is 1.46. The Labute approximate surface area is 193 Å². The van der Waals surface area contributed by atoms with Crippen LogP contribution < -0.4 is 9.64 Å². The highest BCUT2D eigenvalue weighted by Crippen LogP contribution is 2.44. The number of nitrogens with zero attached hydrogens (tertiary/aromatic N) is 1. The molecule has 0 aliphatic carbocycles. The van der Waals surface area contributed by atoms with Crippen molar-refractivity contribution in [3.05, 3.63) is 93.5 Å². The fraction of sp³-hybridized carbons (Fsp3) is 0.0833. The molecule has 0 saturated carbocycles. The fourth-order valence-electron chi connectivity index (χ4n) is 3.71. The van der Waals surface area contributed by atoms with Crippen LogP contribution in [0, 0.1) is 0 Å². The number of ketones is 1. The lowest BCUT2D eigenvalue weighted by atomic mass is 9.95. The summed E-state index contributed by atoms with van der Waals surface area (Å²) in [4.78, 5) is 27.5. The lowest BCUT2D eigenvalue weighted by molar-refractivity contribution is -0.132. The summed E-state index contributed by atoms with van der Waals surface area (Å²) in [6, 6.07) is 16.1. The van der Waals surface area contributed by atoms with Gasteiger partial charge in [0.05, 0.1) is 23.7 Å². The molecule has 0 bridgehead atoms. The van der Waals surface area contributed by atoms with Crippen molar-refractivity contribution >= 4 is 46.3 Å². The van der Waals surface area contributed by atoms with Gasteiger partial charge in [0.25, 0.3) is 11.7 Å². The minimum Gasteiger partial charge on any atom is -0.508 e. The van der Waals surface area contributed by atoms with Crippen LogP contribution in [-0.4, -0.2) is 29.0 Å². The molecule has 1 atom stereocenters. The number of aromatic hydroxyl groups is 1. The fourth-order valence-corrected chi connectivity index (χ4v) is 4.15. The molecule has 6 nitrogen and oxygen atoms in total. The van der Waals surface area contributed by atoms with Gasteiger partial charge >= 0.3 is 0 Å². The van der Waals surface area contributed by atoms with Crippen molar-refractivity contribution < 1.29 is 24.5 Å². The zero-order valence-corrected chi connectivity index (χ0v) is 18.3. The number of methoxy groups -OCH3 is 1. The number of aliphatic hydroxyl groups excluding tert-OH is 1. The molecule has 1 amide bonds. The van der Waals surface area contributed by atoms with E-state index in [9.17, 15) is 19.8 Å². The van der Waals surface area contributed by atoms with Gasteiger partial charge in [-0.3, -0.25) is 14.5 Å². The van der Waals surface area contributed by atoms with Crippen LogP contribution >= 0.6 is 23.2 Å².